The van der Waals surface area contributed by atoms with Crippen LogP contribution in [0.25, 0.3) is 0 Å². The Labute approximate surface area is 77.4 Å². The maximum atomic E-state index is 11.2. The van der Waals surface area contributed by atoms with Crippen LogP contribution in [-0.2, 0) is 9.53 Å². The van der Waals surface area contributed by atoms with E-state index >= 15 is 0 Å². The Morgan fingerprint density at radius 2 is 2.00 bits per heavy atom. The van der Waals surface area contributed by atoms with Gasteiger partial charge in [-0.05, 0) is 19.8 Å². The van der Waals surface area contributed by atoms with Crippen LogP contribution >= 0.6 is 0 Å². The van der Waals surface area contributed by atoms with Crippen LogP contribution < -0.4 is 0 Å². The Kier molecular flexibility index (Phi) is 3.71. The molecule has 70 valence electrons. The first-order valence-corrected chi connectivity index (χ1v) is 5.16. The monoisotopic (exact) mass is 186 g/mol. The zero-order valence-corrected chi connectivity index (χ0v) is 10.6. The molecule has 1 unspecified atom stereocenters. The van der Waals surface area contributed by atoms with Crippen molar-refractivity contribution >= 4 is 16.2 Å². The molecule has 0 saturated heterocycles. The van der Waals surface area contributed by atoms with Crippen molar-refractivity contribution in [2.75, 3.05) is 0 Å². The fourth-order valence-corrected chi connectivity index (χ4v) is 0.629. The number of carbonyl (C=O) groups is 1. The van der Waals surface area contributed by atoms with E-state index in [1.165, 1.54) is 0 Å². The van der Waals surface area contributed by atoms with Crippen molar-refractivity contribution in [3.63, 3.8) is 0 Å². The van der Waals surface area contributed by atoms with Gasteiger partial charge in [0.1, 0.15) is 0 Å². The van der Waals surface area contributed by atoms with Gasteiger partial charge in [-0.2, -0.15) is 0 Å². The molecule has 0 bridgehead atoms. The van der Waals surface area contributed by atoms with Crippen molar-refractivity contribution in [2.24, 2.45) is 5.92 Å². The van der Waals surface area contributed by atoms with Gasteiger partial charge in [-0.25, -0.2) is 4.79 Å². The fraction of sp³-hybridized carbons (Fsp3) is 0.667. The lowest BCUT2D eigenvalue weighted by Gasteiger charge is -2.29. The van der Waals surface area contributed by atoms with Crippen LogP contribution in [0.3, 0.4) is 0 Å². The summed E-state index contributed by atoms with van der Waals surface area (Å²) in [5.41, 5.74) is 0.470. The highest BCUT2D eigenvalue weighted by Gasteiger charge is 2.26. The molecule has 0 spiro atoms. The molecule has 0 radical (unpaired) electrons. The van der Waals surface area contributed by atoms with E-state index in [9.17, 15) is 4.79 Å². The van der Waals surface area contributed by atoms with Gasteiger partial charge in [0, 0.05) is 5.57 Å². The van der Waals surface area contributed by atoms with Gasteiger partial charge < -0.3 is 4.74 Å². The van der Waals surface area contributed by atoms with Gasteiger partial charge in [0.15, 0.2) is 0 Å². The second-order valence-electron chi connectivity index (χ2n) is 3.93. The van der Waals surface area contributed by atoms with Crippen molar-refractivity contribution in [3.05, 3.63) is 12.2 Å². The maximum absolute atomic E-state index is 11.2. The quantitative estimate of drug-likeness (QED) is 0.371. The van der Waals surface area contributed by atoms with Crippen LogP contribution in [0.4, 0.5) is 0 Å². The van der Waals surface area contributed by atoms with E-state index in [1.807, 2.05) is 6.92 Å². The number of ether oxygens (including phenoxy) is 1. The fourth-order valence-electron chi connectivity index (χ4n) is 0.444. The summed E-state index contributed by atoms with van der Waals surface area (Å²) in [4.78, 5) is 11.2. The van der Waals surface area contributed by atoms with E-state index in [0.29, 0.717) is 11.5 Å². The van der Waals surface area contributed by atoms with Crippen LogP contribution in [0, 0.1) is 5.92 Å². The third-order valence-electron chi connectivity index (χ3n) is 2.09. The average Bonchev–Trinajstić information content (AvgIpc) is 1.85. The van der Waals surface area contributed by atoms with Gasteiger partial charge in [0.25, 0.3) is 0 Å². The molecular weight excluding hydrogens is 168 g/mol. The lowest BCUT2D eigenvalue weighted by atomic mass is 10.1. The molecule has 12 heavy (non-hydrogen) atoms. The van der Waals surface area contributed by atoms with E-state index in [4.69, 9.17) is 4.74 Å². The summed E-state index contributed by atoms with van der Waals surface area (Å²) in [6.45, 7) is 11.3. The molecule has 0 aromatic heterocycles. The number of esters is 1. The molecule has 2 nitrogen and oxygen atoms in total. The third-order valence-corrected chi connectivity index (χ3v) is 3.45. The highest BCUT2D eigenvalue weighted by molar-refractivity contribution is 6.15. The van der Waals surface area contributed by atoms with Crippen molar-refractivity contribution in [1.82, 2.24) is 0 Å². The molecule has 0 saturated carbocycles. The molecule has 0 amide bonds. The molecule has 1 atom stereocenters. The zero-order chi connectivity index (χ0) is 9.94. The molecule has 0 fully saturated rings. The molecular formula is C9H18O2Si. The van der Waals surface area contributed by atoms with Crippen molar-refractivity contribution in [2.45, 2.75) is 32.9 Å². The molecule has 3 heteroatoms. The van der Waals surface area contributed by atoms with E-state index in [1.54, 1.807) is 6.92 Å². The SMILES string of the molecule is C=C(C)C(=O)OC(C)([SiH3])C(C)C. The summed E-state index contributed by atoms with van der Waals surface area (Å²) in [6.07, 6.45) is 0. The number of rotatable bonds is 3. The lowest BCUT2D eigenvalue weighted by Crippen LogP contribution is -2.37. The predicted molar refractivity (Wildman–Crippen MR) is 54.1 cm³/mol. The highest BCUT2D eigenvalue weighted by Crippen LogP contribution is 2.18. The Morgan fingerprint density at radius 1 is 1.58 bits per heavy atom. The largest absolute Gasteiger partial charge is 0.461 e. The first-order valence-electron chi connectivity index (χ1n) is 4.16. The minimum atomic E-state index is -0.277. The second kappa shape index (κ2) is 3.89. The van der Waals surface area contributed by atoms with Crippen molar-refractivity contribution < 1.29 is 9.53 Å². The van der Waals surface area contributed by atoms with Crippen LogP contribution in [0.15, 0.2) is 12.2 Å². The van der Waals surface area contributed by atoms with Crippen molar-refractivity contribution in [1.29, 1.82) is 0 Å². The second-order valence-corrected chi connectivity index (χ2v) is 5.91. The Bertz CT molecular complexity index is 195. The minimum absolute atomic E-state index is 0.268. The van der Waals surface area contributed by atoms with Gasteiger partial charge in [-0.15, -0.1) is 0 Å². The van der Waals surface area contributed by atoms with Crippen molar-refractivity contribution in [3.8, 4) is 0 Å². The summed E-state index contributed by atoms with van der Waals surface area (Å²) in [5, 5.41) is -0.268. The zero-order valence-electron chi connectivity index (χ0n) is 8.60. The van der Waals surface area contributed by atoms with Gasteiger partial charge in [0.05, 0.1) is 15.5 Å². The van der Waals surface area contributed by atoms with Gasteiger partial charge in [-0.3, -0.25) is 0 Å². The number of hydrogen-bond donors (Lipinski definition) is 0. The molecule has 0 aliphatic carbocycles. The molecule has 0 N–H and O–H groups in total. The highest BCUT2D eigenvalue weighted by atomic mass is 28.1. The maximum Gasteiger partial charge on any atom is 0.333 e. The van der Waals surface area contributed by atoms with E-state index in [0.717, 1.165) is 10.2 Å². The van der Waals surface area contributed by atoms with Crippen LogP contribution in [0.5, 0.6) is 0 Å². The number of hydrogen-bond acceptors (Lipinski definition) is 2. The number of carbonyl (C=O) groups excluding carboxylic acids is 1. The van der Waals surface area contributed by atoms with Gasteiger partial charge >= 0.3 is 5.97 Å². The molecule has 0 aliphatic heterocycles. The summed E-state index contributed by atoms with van der Waals surface area (Å²) in [5.74, 6) is 0.0914. The first kappa shape index (κ1) is 11.4. The van der Waals surface area contributed by atoms with Crippen LogP contribution in [0.1, 0.15) is 27.7 Å². The topological polar surface area (TPSA) is 26.3 Å². The molecule has 0 rings (SSSR count). The normalized spacial score (nSPS) is 15.8. The molecule has 0 aromatic carbocycles. The summed E-state index contributed by atoms with van der Waals surface area (Å²) in [6, 6.07) is 0. The molecule has 0 heterocycles. The molecule has 0 aromatic rings. The first-order chi connectivity index (χ1) is 5.27. The van der Waals surface area contributed by atoms with E-state index in [2.05, 4.69) is 20.4 Å². The summed E-state index contributed by atoms with van der Waals surface area (Å²) >= 11 is 0. The Morgan fingerprint density at radius 3 is 2.25 bits per heavy atom. The van der Waals surface area contributed by atoms with E-state index in [-0.39, 0.29) is 11.2 Å². The summed E-state index contributed by atoms with van der Waals surface area (Å²) < 4.78 is 5.28. The molecule has 0 aliphatic rings. The Hall–Kier alpha value is -0.573. The van der Waals surface area contributed by atoms with Crippen LogP contribution in [0.2, 0.25) is 0 Å². The standard InChI is InChI=1S/C9H18O2Si/c1-6(2)8(10)11-9(5,12)7(3)4/h7H,1H2,2-5,12H3. The lowest BCUT2D eigenvalue weighted by molar-refractivity contribution is -0.148. The van der Waals surface area contributed by atoms with Gasteiger partial charge in [0.2, 0.25) is 0 Å². The predicted octanol–water partition coefficient (Wildman–Crippen LogP) is 0.843. The van der Waals surface area contributed by atoms with Crippen LogP contribution in [-0.4, -0.2) is 21.4 Å². The van der Waals surface area contributed by atoms with E-state index < -0.39 is 0 Å². The Balaban J connectivity index is 4.25. The minimum Gasteiger partial charge on any atom is -0.461 e. The summed E-state index contributed by atoms with van der Waals surface area (Å²) in [7, 11) is 0.842. The van der Waals surface area contributed by atoms with Gasteiger partial charge in [-0.1, -0.05) is 20.4 Å². The third kappa shape index (κ3) is 3.22. The average molecular weight is 186 g/mol. The smallest absolute Gasteiger partial charge is 0.333 e.